The third-order valence-electron chi connectivity index (χ3n) is 4.63. The lowest BCUT2D eigenvalue weighted by Crippen LogP contribution is -2.24. The van der Waals surface area contributed by atoms with E-state index in [2.05, 4.69) is 51.5 Å². The van der Waals surface area contributed by atoms with Gasteiger partial charge in [0.1, 0.15) is 18.7 Å². The molecule has 1 saturated heterocycles. The molecule has 136 valence electrons. The van der Waals surface area contributed by atoms with E-state index >= 15 is 0 Å². The minimum absolute atomic E-state index is 0.220. The van der Waals surface area contributed by atoms with E-state index in [1.165, 1.54) is 11.9 Å². The number of imidazole rings is 1. The van der Waals surface area contributed by atoms with E-state index in [1.807, 2.05) is 0 Å². The number of rotatable bonds is 5. The Morgan fingerprint density at radius 1 is 1.23 bits per heavy atom. The maximum absolute atomic E-state index is 9.95. The number of fused-ring (bicyclic) bond motifs is 1. The number of nitrogens with one attached hydrogen (secondary N) is 1. The fourth-order valence-corrected chi connectivity index (χ4v) is 3.13. The summed E-state index contributed by atoms with van der Waals surface area (Å²) in [6, 6.07) is 8.29. The number of aliphatic hydroxyl groups excluding tert-OH is 2. The van der Waals surface area contributed by atoms with E-state index in [0.717, 1.165) is 5.56 Å². The van der Waals surface area contributed by atoms with Crippen molar-refractivity contribution >= 4 is 17.0 Å². The molecule has 0 amide bonds. The molecule has 1 unspecified atom stereocenters. The Bertz CT molecular complexity index is 895. The van der Waals surface area contributed by atoms with E-state index in [4.69, 9.17) is 4.74 Å². The zero-order chi connectivity index (χ0) is 18.1. The number of nitrogens with zero attached hydrogens (tertiary/aromatic N) is 4. The second-order valence-electron chi connectivity index (χ2n) is 6.50. The summed E-state index contributed by atoms with van der Waals surface area (Å²) in [5.74, 6) is 0.645. The summed E-state index contributed by atoms with van der Waals surface area (Å²) in [6.07, 6.45) is 1.79. The third-order valence-corrected chi connectivity index (χ3v) is 4.63. The van der Waals surface area contributed by atoms with Crippen LogP contribution in [0, 0.1) is 6.92 Å². The second kappa shape index (κ2) is 6.99. The molecule has 26 heavy (non-hydrogen) atoms. The molecule has 0 bridgehead atoms. The molecule has 3 N–H and O–H groups in total. The van der Waals surface area contributed by atoms with Crippen molar-refractivity contribution in [3.8, 4) is 0 Å². The zero-order valence-electron chi connectivity index (χ0n) is 14.4. The summed E-state index contributed by atoms with van der Waals surface area (Å²) in [4.78, 5) is 13.0. The largest absolute Gasteiger partial charge is 0.394 e. The first kappa shape index (κ1) is 16.9. The SMILES string of the molecule is Cc1ccc(CNc2ncnc3c2ncn3[C@H]2C[C@@H](O)C(CO)O2)cc1. The van der Waals surface area contributed by atoms with Crippen LogP contribution >= 0.6 is 0 Å². The molecule has 3 atom stereocenters. The summed E-state index contributed by atoms with van der Waals surface area (Å²) >= 11 is 0. The van der Waals surface area contributed by atoms with Gasteiger partial charge in [0.15, 0.2) is 17.0 Å². The lowest BCUT2D eigenvalue weighted by atomic mass is 10.1. The number of aliphatic hydroxyl groups is 2. The molecular formula is C18H21N5O3. The summed E-state index contributed by atoms with van der Waals surface area (Å²) in [5, 5.41) is 22.5. The number of hydrogen-bond donors (Lipinski definition) is 3. The molecule has 0 aliphatic carbocycles. The first-order valence-corrected chi connectivity index (χ1v) is 8.57. The van der Waals surface area contributed by atoms with Gasteiger partial charge in [-0.15, -0.1) is 0 Å². The van der Waals surface area contributed by atoms with Crippen molar-refractivity contribution in [3.05, 3.63) is 48.0 Å². The van der Waals surface area contributed by atoms with E-state index < -0.39 is 18.4 Å². The van der Waals surface area contributed by atoms with Crippen LogP contribution in [0.1, 0.15) is 23.8 Å². The van der Waals surface area contributed by atoms with Crippen LogP contribution in [0.3, 0.4) is 0 Å². The van der Waals surface area contributed by atoms with Gasteiger partial charge >= 0.3 is 0 Å². The molecule has 3 heterocycles. The lowest BCUT2D eigenvalue weighted by Gasteiger charge is -2.13. The van der Waals surface area contributed by atoms with Crippen LogP contribution in [0.4, 0.5) is 5.82 Å². The molecule has 1 fully saturated rings. The average Bonchev–Trinajstić information content (AvgIpc) is 3.24. The topological polar surface area (TPSA) is 105 Å². The number of ether oxygens (including phenoxy) is 1. The highest BCUT2D eigenvalue weighted by atomic mass is 16.5. The van der Waals surface area contributed by atoms with Gasteiger partial charge < -0.3 is 20.3 Å². The van der Waals surface area contributed by atoms with Crippen LogP contribution in [0.15, 0.2) is 36.9 Å². The Morgan fingerprint density at radius 3 is 2.77 bits per heavy atom. The monoisotopic (exact) mass is 355 g/mol. The van der Waals surface area contributed by atoms with Crippen molar-refractivity contribution < 1.29 is 14.9 Å². The first-order valence-electron chi connectivity index (χ1n) is 8.57. The molecule has 0 saturated carbocycles. The molecule has 8 heteroatoms. The number of hydrogen-bond acceptors (Lipinski definition) is 7. The minimum Gasteiger partial charge on any atom is -0.394 e. The number of benzene rings is 1. The van der Waals surface area contributed by atoms with E-state index in [9.17, 15) is 10.2 Å². The van der Waals surface area contributed by atoms with Gasteiger partial charge in [-0.2, -0.15) is 0 Å². The van der Waals surface area contributed by atoms with Crippen molar-refractivity contribution in [2.75, 3.05) is 11.9 Å². The molecule has 1 aromatic carbocycles. The first-order chi connectivity index (χ1) is 12.7. The van der Waals surface area contributed by atoms with Gasteiger partial charge in [0.25, 0.3) is 0 Å². The van der Waals surface area contributed by atoms with Gasteiger partial charge in [0.2, 0.25) is 0 Å². The Morgan fingerprint density at radius 2 is 2.04 bits per heavy atom. The van der Waals surface area contributed by atoms with Crippen LogP contribution in [-0.2, 0) is 11.3 Å². The highest BCUT2D eigenvalue weighted by Crippen LogP contribution is 2.31. The van der Waals surface area contributed by atoms with Crippen LogP contribution in [0.25, 0.3) is 11.2 Å². The predicted octanol–water partition coefficient (Wildman–Crippen LogP) is 1.39. The maximum Gasteiger partial charge on any atom is 0.167 e. The minimum atomic E-state index is -0.705. The Balaban J connectivity index is 1.56. The van der Waals surface area contributed by atoms with Crippen LogP contribution < -0.4 is 5.32 Å². The van der Waals surface area contributed by atoms with Gasteiger partial charge in [0, 0.05) is 13.0 Å². The highest BCUT2D eigenvalue weighted by molar-refractivity contribution is 5.82. The van der Waals surface area contributed by atoms with E-state index in [0.29, 0.717) is 29.9 Å². The normalized spacial score (nSPS) is 22.8. The predicted molar refractivity (Wildman–Crippen MR) is 95.4 cm³/mol. The van der Waals surface area contributed by atoms with Crippen molar-refractivity contribution in [1.29, 1.82) is 0 Å². The van der Waals surface area contributed by atoms with Crippen molar-refractivity contribution in [2.45, 2.75) is 38.3 Å². The second-order valence-corrected chi connectivity index (χ2v) is 6.50. The Labute approximate surface area is 150 Å². The number of aryl methyl sites for hydroxylation is 1. The van der Waals surface area contributed by atoms with Crippen molar-refractivity contribution in [3.63, 3.8) is 0 Å². The summed E-state index contributed by atoms with van der Waals surface area (Å²) < 4.78 is 7.47. The van der Waals surface area contributed by atoms with Crippen LogP contribution in [-0.4, -0.2) is 48.5 Å². The molecule has 3 aromatic rings. The fourth-order valence-electron chi connectivity index (χ4n) is 3.13. The standard InChI is InChI=1S/C18H21N5O3/c1-11-2-4-12(5-3-11)7-19-17-16-18(21-9-20-17)23(10-22-16)15-6-13(25)14(8-24)26-15/h2-5,9-10,13-15,24-25H,6-8H2,1H3,(H,19,20,21)/t13-,14?,15-/m1/s1. The van der Waals surface area contributed by atoms with E-state index in [-0.39, 0.29) is 6.61 Å². The van der Waals surface area contributed by atoms with E-state index in [1.54, 1.807) is 10.9 Å². The molecule has 0 radical (unpaired) electrons. The summed E-state index contributed by atoms with van der Waals surface area (Å²) in [6.45, 7) is 2.47. The van der Waals surface area contributed by atoms with Gasteiger partial charge in [-0.25, -0.2) is 15.0 Å². The fraction of sp³-hybridized carbons (Fsp3) is 0.389. The Hall–Kier alpha value is -2.55. The van der Waals surface area contributed by atoms with Crippen molar-refractivity contribution in [1.82, 2.24) is 19.5 Å². The van der Waals surface area contributed by atoms with Crippen LogP contribution in [0.5, 0.6) is 0 Å². The molecule has 0 spiro atoms. The smallest absolute Gasteiger partial charge is 0.167 e. The van der Waals surface area contributed by atoms with Gasteiger partial charge in [-0.3, -0.25) is 4.57 Å². The lowest BCUT2D eigenvalue weighted by molar-refractivity contribution is -0.0432. The van der Waals surface area contributed by atoms with Crippen LogP contribution in [0.2, 0.25) is 0 Å². The highest BCUT2D eigenvalue weighted by Gasteiger charge is 2.35. The molecule has 8 nitrogen and oxygen atoms in total. The van der Waals surface area contributed by atoms with Crippen molar-refractivity contribution in [2.24, 2.45) is 0 Å². The summed E-state index contributed by atoms with van der Waals surface area (Å²) in [5.41, 5.74) is 3.64. The quantitative estimate of drug-likeness (QED) is 0.635. The molecule has 2 aromatic heterocycles. The average molecular weight is 355 g/mol. The number of aromatic nitrogens is 4. The van der Waals surface area contributed by atoms with Gasteiger partial charge in [0.05, 0.1) is 19.0 Å². The van der Waals surface area contributed by atoms with Gasteiger partial charge in [-0.1, -0.05) is 29.8 Å². The molecular weight excluding hydrogens is 334 g/mol. The molecule has 1 aliphatic heterocycles. The molecule has 1 aliphatic rings. The zero-order valence-corrected chi connectivity index (χ0v) is 14.4. The molecule has 4 rings (SSSR count). The number of anilines is 1. The Kier molecular flexibility index (Phi) is 4.54. The third kappa shape index (κ3) is 3.14. The van der Waals surface area contributed by atoms with Gasteiger partial charge in [-0.05, 0) is 12.5 Å². The maximum atomic E-state index is 9.95. The summed E-state index contributed by atoms with van der Waals surface area (Å²) in [7, 11) is 0.